The molecule has 4 rings (SSSR count). The van der Waals surface area contributed by atoms with Gasteiger partial charge in [0.05, 0.1) is 43.0 Å². The Morgan fingerprint density at radius 1 is 1.25 bits per heavy atom. The maximum Gasteiger partial charge on any atom is 0.495 e. The van der Waals surface area contributed by atoms with E-state index in [4.69, 9.17) is 18.8 Å². The summed E-state index contributed by atoms with van der Waals surface area (Å²) in [6.45, 7) is 11.9. The first-order valence-corrected chi connectivity index (χ1v) is 10.7. The van der Waals surface area contributed by atoms with Crippen molar-refractivity contribution in [3.05, 3.63) is 16.3 Å². The molecule has 1 aromatic rings. The lowest BCUT2D eigenvalue weighted by Gasteiger charge is -2.32. The molecule has 1 unspecified atom stereocenters. The van der Waals surface area contributed by atoms with Gasteiger partial charge in [-0.1, -0.05) is 0 Å². The summed E-state index contributed by atoms with van der Waals surface area (Å²) >= 11 is 1.60. The zero-order chi connectivity index (χ0) is 20.2. The van der Waals surface area contributed by atoms with E-state index >= 15 is 0 Å². The highest BCUT2D eigenvalue weighted by atomic mass is 32.1. The number of amides is 1. The van der Waals surface area contributed by atoms with Crippen LogP contribution in [0.5, 0.6) is 0 Å². The van der Waals surface area contributed by atoms with E-state index in [2.05, 4.69) is 16.7 Å². The van der Waals surface area contributed by atoms with Crippen molar-refractivity contribution in [1.82, 2.24) is 10.6 Å². The number of hydrogen-bond donors (Lipinski definition) is 2. The molecule has 3 aliphatic heterocycles. The zero-order valence-electron chi connectivity index (χ0n) is 17.2. The van der Waals surface area contributed by atoms with Crippen molar-refractivity contribution in [2.75, 3.05) is 19.8 Å². The standard InChI is InChI=1S/C19H29BN2O5S/c1-12(22-16(23)14-9-19(11-21-14)24-6-7-25-19)15-8-13(10-28-15)20-26-17(2,3)18(4,5)27-20/h8,10,12,14,21H,6-7,9,11H2,1-5H3,(H,22,23)/t12-,14?/m1/s1. The number of thiophene rings is 1. The van der Waals surface area contributed by atoms with E-state index in [-0.39, 0.29) is 36.3 Å². The van der Waals surface area contributed by atoms with Gasteiger partial charge in [0.25, 0.3) is 0 Å². The molecule has 2 N–H and O–H groups in total. The van der Waals surface area contributed by atoms with Crippen molar-refractivity contribution in [1.29, 1.82) is 0 Å². The molecular formula is C19H29BN2O5S. The van der Waals surface area contributed by atoms with Gasteiger partial charge in [0.1, 0.15) is 0 Å². The average molecular weight is 408 g/mol. The van der Waals surface area contributed by atoms with Crippen LogP contribution in [0.2, 0.25) is 0 Å². The molecule has 0 saturated carbocycles. The van der Waals surface area contributed by atoms with Crippen molar-refractivity contribution >= 4 is 29.8 Å². The van der Waals surface area contributed by atoms with Crippen molar-refractivity contribution in [2.24, 2.45) is 0 Å². The number of rotatable bonds is 4. The third kappa shape index (κ3) is 3.64. The number of carbonyl (C=O) groups excluding carboxylic acids is 1. The number of ether oxygens (including phenoxy) is 2. The molecule has 0 aliphatic carbocycles. The molecule has 1 amide bonds. The molecule has 0 radical (unpaired) electrons. The Morgan fingerprint density at radius 2 is 1.89 bits per heavy atom. The summed E-state index contributed by atoms with van der Waals surface area (Å²) in [5.41, 5.74) is 0.257. The molecular weight excluding hydrogens is 379 g/mol. The van der Waals surface area contributed by atoms with Crippen LogP contribution in [0.25, 0.3) is 0 Å². The summed E-state index contributed by atoms with van der Waals surface area (Å²) in [7, 11) is -0.383. The second kappa shape index (κ2) is 7.07. The largest absolute Gasteiger partial charge is 0.495 e. The Bertz CT molecular complexity index is 730. The van der Waals surface area contributed by atoms with Crippen LogP contribution in [0.4, 0.5) is 0 Å². The summed E-state index contributed by atoms with van der Waals surface area (Å²) < 4.78 is 23.6. The topological polar surface area (TPSA) is 78.1 Å². The predicted octanol–water partition coefficient (Wildman–Crippen LogP) is 1.33. The van der Waals surface area contributed by atoms with Crippen molar-refractivity contribution in [2.45, 2.75) is 70.1 Å². The Kier molecular flexibility index (Phi) is 5.13. The SMILES string of the molecule is C[C@@H](NC(=O)C1CC2(CN1)OCCO2)c1cc(B2OC(C)(C)C(C)(C)O2)cs1. The first-order valence-electron chi connectivity index (χ1n) is 9.86. The minimum Gasteiger partial charge on any atom is -0.399 e. The average Bonchev–Trinajstić information content (AvgIpc) is 3.37. The molecule has 3 aliphatic rings. The van der Waals surface area contributed by atoms with E-state index in [0.717, 1.165) is 10.3 Å². The molecule has 0 bridgehead atoms. The number of nitrogens with one attached hydrogen (secondary N) is 2. The second-order valence-electron chi connectivity index (χ2n) is 8.85. The van der Waals surface area contributed by atoms with Gasteiger partial charge in [-0.3, -0.25) is 4.79 Å². The van der Waals surface area contributed by atoms with Crippen molar-refractivity contribution in [3.8, 4) is 0 Å². The van der Waals surface area contributed by atoms with E-state index in [1.165, 1.54) is 0 Å². The quantitative estimate of drug-likeness (QED) is 0.733. The zero-order valence-corrected chi connectivity index (χ0v) is 18.0. The summed E-state index contributed by atoms with van der Waals surface area (Å²) in [5.74, 6) is -0.660. The predicted molar refractivity (Wildman–Crippen MR) is 108 cm³/mol. The fourth-order valence-electron chi connectivity index (χ4n) is 3.72. The van der Waals surface area contributed by atoms with Crippen LogP contribution in [0.1, 0.15) is 52.0 Å². The third-order valence-corrected chi connectivity index (χ3v) is 7.35. The van der Waals surface area contributed by atoms with Gasteiger partial charge in [-0.15, -0.1) is 11.3 Å². The maximum atomic E-state index is 12.7. The normalized spacial score (nSPS) is 28.8. The molecule has 4 heterocycles. The van der Waals surface area contributed by atoms with E-state index in [1.54, 1.807) is 11.3 Å². The minimum absolute atomic E-state index is 0.0333. The van der Waals surface area contributed by atoms with Crippen LogP contribution in [-0.4, -0.2) is 55.8 Å². The van der Waals surface area contributed by atoms with Crippen molar-refractivity contribution in [3.63, 3.8) is 0 Å². The van der Waals surface area contributed by atoms with Gasteiger partial charge in [0.2, 0.25) is 5.91 Å². The lowest BCUT2D eigenvalue weighted by molar-refractivity contribution is -0.144. The fraction of sp³-hybridized carbons (Fsp3) is 0.737. The minimum atomic E-state index is -0.627. The number of carbonyl (C=O) groups is 1. The first-order chi connectivity index (χ1) is 13.1. The van der Waals surface area contributed by atoms with E-state index in [9.17, 15) is 4.79 Å². The maximum absolute atomic E-state index is 12.7. The van der Waals surface area contributed by atoms with Gasteiger partial charge in [0, 0.05) is 11.3 Å². The second-order valence-corrected chi connectivity index (χ2v) is 9.79. The fourth-order valence-corrected chi connectivity index (χ4v) is 4.64. The Hall–Kier alpha value is -0.965. The van der Waals surface area contributed by atoms with Gasteiger partial charge in [-0.25, -0.2) is 0 Å². The van der Waals surface area contributed by atoms with Gasteiger partial charge >= 0.3 is 7.12 Å². The van der Waals surface area contributed by atoms with Crippen LogP contribution < -0.4 is 16.1 Å². The van der Waals surface area contributed by atoms with Crippen molar-refractivity contribution < 1.29 is 23.6 Å². The highest BCUT2D eigenvalue weighted by molar-refractivity contribution is 7.11. The molecule has 154 valence electrons. The highest BCUT2D eigenvalue weighted by Crippen LogP contribution is 2.37. The van der Waals surface area contributed by atoms with E-state index in [1.807, 2.05) is 40.0 Å². The Morgan fingerprint density at radius 3 is 2.54 bits per heavy atom. The monoisotopic (exact) mass is 408 g/mol. The first kappa shape index (κ1) is 20.3. The summed E-state index contributed by atoms with van der Waals surface area (Å²) in [6, 6.07) is 1.66. The lowest BCUT2D eigenvalue weighted by atomic mass is 9.81. The van der Waals surface area contributed by atoms with Gasteiger partial charge in [-0.05, 0) is 51.5 Å². The van der Waals surface area contributed by atoms with Crippen LogP contribution in [-0.2, 0) is 23.6 Å². The number of hydrogen-bond acceptors (Lipinski definition) is 7. The van der Waals surface area contributed by atoms with E-state index < -0.39 is 5.79 Å². The molecule has 1 aromatic heterocycles. The smallest absolute Gasteiger partial charge is 0.399 e. The molecule has 7 nitrogen and oxygen atoms in total. The Labute approximate surface area is 170 Å². The molecule has 3 fully saturated rings. The van der Waals surface area contributed by atoms with E-state index in [0.29, 0.717) is 26.2 Å². The van der Waals surface area contributed by atoms with Crippen LogP contribution >= 0.6 is 11.3 Å². The molecule has 28 heavy (non-hydrogen) atoms. The van der Waals surface area contributed by atoms with Crippen LogP contribution in [0.15, 0.2) is 11.4 Å². The highest BCUT2D eigenvalue weighted by Gasteiger charge is 2.52. The van der Waals surface area contributed by atoms with Crippen LogP contribution in [0, 0.1) is 0 Å². The summed E-state index contributed by atoms with van der Waals surface area (Å²) in [6.07, 6.45) is 0.537. The molecule has 1 spiro atoms. The molecule has 0 aromatic carbocycles. The summed E-state index contributed by atoms with van der Waals surface area (Å²) in [5, 5.41) is 8.36. The summed E-state index contributed by atoms with van der Waals surface area (Å²) in [4.78, 5) is 13.7. The third-order valence-electron chi connectivity index (χ3n) is 6.21. The molecule has 9 heteroatoms. The Balaban J connectivity index is 1.36. The van der Waals surface area contributed by atoms with Gasteiger partial charge < -0.3 is 29.4 Å². The van der Waals surface area contributed by atoms with Gasteiger partial charge in [0.15, 0.2) is 5.79 Å². The van der Waals surface area contributed by atoms with Gasteiger partial charge in [-0.2, -0.15) is 0 Å². The lowest BCUT2D eigenvalue weighted by Crippen LogP contribution is -2.41. The molecule has 3 saturated heterocycles. The van der Waals surface area contributed by atoms with Crippen LogP contribution in [0.3, 0.4) is 0 Å². The molecule has 2 atom stereocenters.